The molecule has 0 unspecified atom stereocenters. The predicted molar refractivity (Wildman–Crippen MR) is 121 cm³/mol. The van der Waals surface area contributed by atoms with Crippen LogP contribution in [-0.2, 0) is 24.5 Å². The quantitative estimate of drug-likeness (QED) is 0.649. The van der Waals surface area contributed by atoms with Crippen molar-refractivity contribution in [2.24, 2.45) is 11.8 Å². The van der Waals surface area contributed by atoms with Crippen LogP contribution in [0.15, 0.2) is 29.6 Å². The Kier molecular flexibility index (Phi) is 5.85. The lowest BCUT2D eigenvalue weighted by atomic mass is 9.78. The summed E-state index contributed by atoms with van der Waals surface area (Å²) in [4.78, 5) is 37.5. The fourth-order valence-electron chi connectivity index (χ4n) is 4.64. The van der Waals surface area contributed by atoms with Crippen LogP contribution >= 0.6 is 11.3 Å². The highest BCUT2D eigenvalue weighted by Crippen LogP contribution is 2.45. The first-order valence-electron chi connectivity index (χ1n) is 10.6. The van der Waals surface area contributed by atoms with Crippen LogP contribution in [0.25, 0.3) is 11.1 Å². The molecule has 7 nitrogen and oxygen atoms in total. The molecule has 2 saturated heterocycles. The molecular weight excluding hydrogens is 430 g/mol. The summed E-state index contributed by atoms with van der Waals surface area (Å²) in [5, 5.41) is 14.6. The van der Waals surface area contributed by atoms with Gasteiger partial charge in [0.1, 0.15) is 10.6 Å². The first-order valence-corrected chi connectivity index (χ1v) is 11.5. The summed E-state index contributed by atoms with van der Waals surface area (Å²) in [5.74, 6) is -3.69. The van der Waals surface area contributed by atoms with Gasteiger partial charge in [0.15, 0.2) is 0 Å². The summed E-state index contributed by atoms with van der Waals surface area (Å²) in [6, 6.07) is 7.95. The zero-order chi connectivity index (χ0) is 23.2. The van der Waals surface area contributed by atoms with Crippen LogP contribution in [-0.4, -0.2) is 42.3 Å². The molecule has 2 bridgehead atoms. The maximum atomic E-state index is 13.1. The minimum Gasteiger partial charge on any atom is -0.481 e. The molecular formula is C24H27NO6S. The smallest absolute Gasteiger partial charge is 0.341 e. The monoisotopic (exact) mass is 457 g/mol. The molecule has 8 heteroatoms. The number of methoxy groups -OCH3 is 1. The fraction of sp³-hybridized carbons (Fsp3) is 0.458. The average molecular weight is 458 g/mol. The van der Waals surface area contributed by atoms with E-state index in [-0.39, 0.29) is 11.0 Å². The molecule has 170 valence electrons. The predicted octanol–water partition coefficient (Wildman–Crippen LogP) is 4.32. The molecule has 2 aliphatic rings. The van der Waals surface area contributed by atoms with Gasteiger partial charge in [-0.25, -0.2) is 4.79 Å². The van der Waals surface area contributed by atoms with Crippen LogP contribution < -0.4 is 5.32 Å². The maximum Gasteiger partial charge on any atom is 0.341 e. The number of hydrogen-bond donors (Lipinski definition) is 2. The standard InChI is InChI=1S/C24H27NO6S/c1-24(2,3)13-7-5-12(6-8-13)14-11-32-21(17(14)23(29)30-4)25-20(26)18-15-9-10-16(31-15)19(18)22(27)28/h5-8,11,15-16,18-19H,9-10H2,1-4H3,(H,25,26)(H,27,28)/t15-,16-,18+,19-/m0/s1. The van der Waals surface area contributed by atoms with Crippen molar-refractivity contribution < 1.29 is 29.0 Å². The van der Waals surface area contributed by atoms with E-state index in [4.69, 9.17) is 9.47 Å². The molecule has 0 spiro atoms. The van der Waals surface area contributed by atoms with E-state index in [0.717, 1.165) is 5.56 Å². The number of hydrogen-bond acceptors (Lipinski definition) is 6. The molecule has 2 N–H and O–H groups in total. The van der Waals surface area contributed by atoms with Crippen LogP contribution in [0.3, 0.4) is 0 Å². The molecule has 3 heterocycles. The Morgan fingerprint density at radius 2 is 1.72 bits per heavy atom. The Balaban J connectivity index is 1.64. The van der Waals surface area contributed by atoms with Gasteiger partial charge in [0.2, 0.25) is 5.91 Å². The number of fused-ring (bicyclic) bond motifs is 2. The summed E-state index contributed by atoms with van der Waals surface area (Å²) in [5.41, 5.74) is 2.94. The van der Waals surface area contributed by atoms with Crippen molar-refractivity contribution in [1.29, 1.82) is 0 Å². The van der Waals surface area contributed by atoms with Crippen molar-refractivity contribution in [3.05, 3.63) is 40.8 Å². The Morgan fingerprint density at radius 3 is 2.28 bits per heavy atom. The Hall–Kier alpha value is -2.71. The number of esters is 1. The van der Waals surface area contributed by atoms with Gasteiger partial charge in [-0.15, -0.1) is 11.3 Å². The van der Waals surface area contributed by atoms with E-state index in [1.165, 1.54) is 24.0 Å². The van der Waals surface area contributed by atoms with E-state index in [0.29, 0.717) is 23.4 Å². The molecule has 1 amide bonds. The third-order valence-electron chi connectivity index (χ3n) is 6.34. The molecule has 0 saturated carbocycles. The van der Waals surface area contributed by atoms with Crippen molar-refractivity contribution in [3.8, 4) is 11.1 Å². The molecule has 4 rings (SSSR count). The molecule has 2 aromatic rings. The molecule has 0 aliphatic carbocycles. The van der Waals surface area contributed by atoms with Gasteiger partial charge in [0, 0.05) is 10.9 Å². The van der Waals surface area contributed by atoms with Crippen molar-refractivity contribution in [1.82, 2.24) is 0 Å². The maximum absolute atomic E-state index is 13.1. The number of thiophene rings is 1. The zero-order valence-corrected chi connectivity index (χ0v) is 19.3. The van der Waals surface area contributed by atoms with Gasteiger partial charge in [-0.05, 0) is 29.4 Å². The summed E-state index contributed by atoms with van der Waals surface area (Å²) < 4.78 is 10.7. The molecule has 1 aromatic carbocycles. The first kappa shape index (κ1) is 22.5. The Morgan fingerprint density at radius 1 is 1.09 bits per heavy atom. The second kappa shape index (κ2) is 8.33. The largest absolute Gasteiger partial charge is 0.481 e. The van der Waals surface area contributed by atoms with Gasteiger partial charge in [0.25, 0.3) is 0 Å². The van der Waals surface area contributed by atoms with Crippen LogP contribution in [0.2, 0.25) is 0 Å². The van der Waals surface area contributed by atoms with Crippen molar-refractivity contribution in [2.75, 3.05) is 12.4 Å². The van der Waals surface area contributed by atoms with Crippen LogP contribution in [0.5, 0.6) is 0 Å². The second-order valence-corrected chi connectivity index (χ2v) is 10.2. The van der Waals surface area contributed by atoms with E-state index >= 15 is 0 Å². The summed E-state index contributed by atoms with van der Waals surface area (Å²) >= 11 is 1.22. The topological polar surface area (TPSA) is 102 Å². The van der Waals surface area contributed by atoms with Crippen LogP contribution in [0, 0.1) is 11.8 Å². The van der Waals surface area contributed by atoms with E-state index in [9.17, 15) is 19.5 Å². The zero-order valence-electron chi connectivity index (χ0n) is 18.5. The highest BCUT2D eigenvalue weighted by atomic mass is 32.1. The Labute approximate surface area is 190 Å². The fourth-order valence-corrected chi connectivity index (χ4v) is 5.60. The van der Waals surface area contributed by atoms with Gasteiger partial charge in [0.05, 0.1) is 31.2 Å². The summed E-state index contributed by atoms with van der Waals surface area (Å²) in [6.45, 7) is 6.39. The molecule has 2 aliphatic heterocycles. The van der Waals surface area contributed by atoms with E-state index in [2.05, 4.69) is 26.1 Å². The third kappa shape index (κ3) is 3.93. The average Bonchev–Trinajstić information content (AvgIpc) is 3.47. The van der Waals surface area contributed by atoms with Crippen LogP contribution in [0.4, 0.5) is 5.00 Å². The number of rotatable bonds is 5. The summed E-state index contributed by atoms with van der Waals surface area (Å²) in [6.07, 6.45) is 0.458. The number of aliphatic carboxylic acids is 1. The lowest BCUT2D eigenvalue weighted by molar-refractivity contribution is -0.147. The van der Waals surface area contributed by atoms with Gasteiger partial charge in [-0.1, -0.05) is 45.0 Å². The van der Waals surface area contributed by atoms with Crippen molar-refractivity contribution in [2.45, 2.75) is 51.2 Å². The third-order valence-corrected chi connectivity index (χ3v) is 7.24. The van der Waals surface area contributed by atoms with Gasteiger partial charge in [-0.3, -0.25) is 9.59 Å². The number of amides is 1. The minimum atomic E-state index is -1.03. The van der Waals surface area contributed by atoms with E-state index < -0.39 is 41.9 Å². The van der Waals surface area contributed by atoms with Crippen molar-refractivity contribution >= 4 is 34.2 Å². The normalized spacial score (nSPS) is 24.4. The highest BCUT2D eigenvalue weighted by Gasteiger charge is 2.55. The number of benzene rings is 1. The number of ether oxygens (including phenoxy) is 2. The van der Waals surface area contributed by atoms with Crippen molar-refractivity contribution in [3.63, 3.8) is 0 Å². The van der Waals surface area contributed by atoms with Crippen LogP contribution in [0.1, 0.15) is 49.5 Å². The molecule has 1 aromatic heterocycles. The summed E-state index contributed by atoms with van der Waals surface area (Å²) in [7, 11) is 1.29. The number of carboxylic acids is 1. The van der Waals surface area contributed by atoms with Gasteiger partial charge < -0.3 is 19.9 Å². The lowest BCUT2D eigenvalue weighted by Crippen LogP contribution is -2.41. The molecule has 2 fully saturated rings. The number of carbonyl (C=O) groups excluding carboxylic acids is 2. The number of carbonyl (C=O) groups is 3. The Bertz CT molecular complexity index is 1050. The lowest BCUT2D eigenvalue weighted by Gasteiger charge is -2.23. The molecule has 4 atom stereocenters. The minimum absolute atomic E-state index is 0.000902. The second-order valence-electron chi connectivity index (χ2n) is 9.34. The molecule has 0 radical (unpaired) electrons. The number of anilines is 1. The SMILES string of the molecule is COC(=O)c1c(-c2ccc(C(C)(C)C)cc2)csc1NC(=O)[C@H]1[C@@H](C(=O)O)[C@@H]2CC[C@@H]1O2. The number of carboxylic acid groups (broad SMARTS) is 1. The number of nitrogens with one attached hydrogen (secondary N) is 1. The highest BCUT2D eigenvalue weighted by molar-refractivity contribution is 7.15. The van der Waals surface area contributed by atoms with Gasteiger partial charge in [-0.2, -0.15) is 0 Å². The van der Waals surface area contributed by atoms with E-state index in [1.54, 1.807) is 5.38 Å². The molecule has 32 heavy (non-hydrogen) atoms. The first-order chi connectivity index (χ1) is 15.1. The van der Waals surface area contributed by atoms with Gasteiger partial charge >= 0.3 is 11.9 Å². The van der Waals surface area contributed by atoms with E-state index in [1.807, 2.05) is 24.3 Å².